The second-order valence-corrected chi connectivity index (χ2v) is 6.48. The minimum absolute atomic E-state index is 0.197. The Morgan fingerprint density at radius 3 is 1.50 bits per heavy atom. The van der Waals surface area contributed by atoms with Crippen LogP contribution in [0.25, 0.3) is 0 Å². The van der Waals surface area contributed by atoms with Gasteiger partial charge < -0.3 is 5.11 Å². The van der Waals surface area contributed by atoms with E-state index in [1.54, 1.807) is 0 Å². The number of hydrogen-bond acceptors (Lipinski definition) is 1. The highest BCUT2D eigenvalue weighted by atomic mass is 127. The molecule has 0 atom stereocenters. The van der Waals surface area contributed by atoms with E-state index in [0.717, 1.165) is 5.57 Å². The third-order valence-corrected chi connectivity index (χ3v) is 1.09. The van der Waals surface area contributed by atoms with E-state index >= 15 is 0 Å². The molecular formula is C7H14I2O. The molecular weight excluding hydrogens is 354 g/mol. The Bertz CT molecular complexity index is 95.8. The van der Waals surface area contributed by atoms with Gasteiger partial charge in [-0.05, 0) is 26.3 Å². The summed E-state index contributed by atoms with van der Waals surface area (Å²) in [6, 6.07) is 0. The maximum Gasteiger partial charge on any atom is 0.0641 e. The molecule has 0 aromatic carbocycles. The molecule has 0 unspecified atom stereocenters. The number of aliphatic hydroxyl groups excluding tert-OH is 1. The summed E-state index contributed by atoms with van der Waals surface area (Å²) in [5.74, 6) is 0. The molecule has 0 amide bonds. The maximum atomic E-state index is 8.45. The lowest BCUT2D eigenvalue weighted by molar-refractivity contribution is 0.330. The molecule has 0 aliphatic rings. The van der Waals surface area contributed by atoms with Gasteiger partial charge in [0.15, 0.2) is 0 Å². The minimum atomic E-state index is 0.197. The van der Waals surface area contributed by atoms with Gasteiger partial charge in [-0.15, -0.1) is 0 Å². The van der Waals surface area contributed by atoms with Crippen molar-refractivity contribution in [2.45, 2.75) is 20.8 Å². The molecule has 0 aliphatic carbocycles. The number of aliphatic hydroxyl groups is 1. The van der Waals surface area contributed by atoms with Crippen LogP contribution in [0.2, 0.25) is 0 Å². The Morgan fingerprint density at radius 2 is 1.50 bits per heavy atom. The first-order valence-corrected chi connectivity index (χ1v) is 6.01. The number of hydrogen-bond donors (Lipinski definition) is 1. The summed E-state index contributed by atoms with van der Waals surface area (Å²) >= 11 is 4.55. The summed E-state index contributed by atoms with van der Waals surface area (Å²) in [6.07, 6.45) is 0. The van der Waals surface area contributed by atoms with Crippen molar-refractivity contribution in [1.82, 2.24) is 0 Å². The zero-order valence-electron chi connectivity index (χ0n) is 6.62. The summed E-state index contributed by atoms with van der Waals surface area (Å²) in [6.45, 7) is 6.11. The Balaban J connectivity index is 0. The first kappa shape index (κ1) is 13.7. The quantitative estimate of drug-likeness (QED) is 0.429. The van der Waals surface area contributed by atoms with Crippen LogP contribution in [-0.4, -0.2) is 14.1 Å². The fraction of sp³-hybridized carbons (Fsp3) is 0.714. The molecule has 0 aromatic heterocycles. The number of allylic oxidation sites excluding steroid dienone is 1. The molecule has 1 N–H and O–H groups in total. The van der Waals surface area contributed by atoms with Gasteiger partial charge in [0, 0.05) is 0 Å². The maximum absolute atomic E-state index is 8.45. The van der Waals surface area contributed by atoms with E-state index in [1.807, 2.05) is 20.8 Å². The van der Waals surface area contributed by atoms with Crippen molar-refractivity contribution in [2.75, 3.05) is 9.04 Å². The Kier molecular flexibility index (Phi) is 13.9. The highest BCUT2D eigenvalue weighted by Crippen LogP contribution is 1.97. The van der Waals surface area contributed by atoms with Crippen LogP contribution in [0.15, 0.2) is 11.1 Å². The van der Waals surface area contributed by atoms with E-state index in [9.17, 15) is 0 Å². The average molecular weight is 368 g/mol. The van der Waals surface area contributed by atoms with Gasteiger partial charge >= 0.3 is 0 Å². The zero-order valence-corrected chi connectivity index (χ0v) is 10.9. The molecule has 0 spiro atoms. The molecule has 0 saturated carbocycles. The van der Waals surface area contributed by atoms with Gasteiger partial charge in [-0.25, -0.2) is 0 Å². The SMILES string of the molecule is CC(C)=C(C)CO.ICI. The second kappa shape index (κ2) is 10.2. The van der Waals surface area contributed by atoms with Crippen molar-refractivity contribution in [1.29, 1.82) is 0 Å². The van der Waals surface area contributed by atoms with Gasteiger partial charge in [0.05, 0.1) is 9.04 Å². The molecule has 0 radical (unpaired) electrons. The van der Waals surface area contributed by atoms with Crippen LogP contribution in [0.5, 0.6) is 0 Å². The van der Waals surface area contributed by atoms with Gasteiger partial charge in [0.1, 0.15) is 0 Å². The van der Waals surface area contributed by atoms with E-state index in [4.69, 9.17) is 5.11 Å². The van der Waals surface area contributed by atoms with Crippen LogP contribution in [0.1, 0.15) is 20.8 Å². The lowest BCUT2D eigenvalue weighted by atomic mass is 10.2. The van der Waals surface area contributed by atoms with Gasteiger partial charge in [-0.2, -0.15) is 0 Å². The number of rotatable bonds is 1. The first-order valence-electron chi connectivity index (χ1n) is 2.95. The highest BCUT2D eigenvalue weighted by molar-refractivity contribution is 14.2. The van der Waals surface area contributed by atoms with Crippen LogP contribution in [0, 0.1) is 0 Å². The molecule has 0 fully saturated rings. The third kappa shape index (κ3) is 11.9. The second-order valence-electron chi connectivity index (χ2n) is 2.04. The Morgan fingerprint density at radius 1 is 1.20 bits per heavy atom. The van der Waals surface area contributed by atoms with Gasteiger partial charge in [0.2, 0.25) is 0 Å². The van der Waals surface area contributed by atoms with E-state index in [1.165, 1.54) is 8.01 Å². The Hall–Kier alpha value is 1.16. The number of alkyl halides is 2. The van der Waals surface area contributed by atoms with Gasteiger partial charge in [-0.1, -0.05) is 50.8 Å². The predicted octanol–water partition coefficient (Wildman–Crippen LogP) is 3.15. The molecule has 0 bridgehead atoms. The lowest BCUT2D eigenvalue weighted by Gasteiger charge is -1.94. The largest absolute Gasteiger partial charge is 0.392 e. The fourth-order valence-electron chi connectivity index (χ4n) is 0.158. The van der Waals surface area contributed by atoms with E-state index < -0.39 is 0 Å². The third-order valence-electron chi connectivity index (χ3n) is 1.09. The summed E-state index contributed by atoms with van der Waals surface area (Å²) in [4.78, 5) is 0. The zero-order chi connectivity index (χ0) is 8.57. The molecule has 0 heterocycles. The molecule has 10 heavy (non-hydrogen) atoms. The predicted molar refractivity (Wildman–Crippen MR) is 64.0 cm³/mol. The van der Waals surface area contributed by atoms with Crippen molar-refractivity contribution in [3.8, 4) is 0 Å². The molecule has 0 aromatic rings. The smallest absolute Gasteiger partial charge is 0.0641 e. The van der Waals surface area contributed by atoms with E-state index in [0.29, 0.717) is 0 Å². The van der Waals surface area contributed by atoms with Gasteiger partial charge in [0.25, 0.3) is 0 Å². The van der Waals surface area contributed by atoms with Crippen LogP contribution in [-0.2, 0) is 0 Å². The van der Waals surface area contributed by atoms with Crippen LogP contribution in [0.3, 0.4) is 0 Å². The molecule has 0 saturated heterocycles. The first-order chi connectivity index (χ1) is 4.59. The van der Waals surface area contributed by atoms with Crippen LogP contribution >= 0.6 is 45.2 Å². The molecule has 3 heteroatoms. The van der Waals surface area contributed by atoms with Crippen molar-refractivity contribution in [2.24, 2.45) is 0 Å². The van der Waals surface area contributed by atoms with Crippen molar-refractivity contribution in [3.05, 3.63) is 11.1 Å². The standard InChI is InChI=1S/C6H12O.CH2I2/c1-5(2)6(3)4-7;2-1-3/h7H,4H2,1-3H3;1H2. The summed E-state index contributed by atoms with van der Waals surface area (Å²) in [5, 5.41) is 8.45. The number of halogens is 2. The van der Waals surface area contributed by atoms with Crippen molar-refractivity contribution < 1.29 is 5.11 Å². The lowest BCUT2D eigenvalue weighted by Crippen LogP contribution is -1.85. The average Bonchev–Trinajstić information content (AvgIpc) is 1.88. The molecule has 0 aliphatic heterocycles. The summed E-state index contributed by atoms with van der Waals surface area (Å²) in [5.41, 5.74) is 2.28. The van der Waals surface area contributed by atoms with Gasteiger partial charge in [-0.3, -0.25) is 0 Å². The topological polar surface area (TPSA) is 20.2 Å². The minimum Gasteiger partial charge on any atom is -0.392 e. The monoisotopic (exact) mass is 368 g/mol. The van der Waals surface area contributed by atoms with E-state index in [2.05, 4.69) is 45.2 Å². The normalized spacial score (nSPS) is 7.80. The molecule has 1 nitrogen and oxygen atoms in total. The van der Waals surface area contributed by atoms with E-state index in [-0.39, 0.29) is 6.61 Å². The van der Waals surface area contributed by atoms with Crippen LogP contribution in [0.4, 0.5) is 0 Å². The summed E-state index contributed by atoms with van der Waals surface area (Å²) in [7, 11) is 0. The van der Waals surface area contributed by atoms with Crippen molar-refractivity contribution in [3.63, 3.8) is 0 Å². The summed E-state index contributed by atoms with van der Waals surface area (Å²) < 4.78 is 1.19. The van der Waals surface area contributed by atoms with Crippen molar-refractivity contribution >= 4 is 45.2 Å². The fourth-order valence-corrected chi connectivity index (χ4v) is 0.158. The Labute approximate surface area is 90.6 Å². The molecule has 0 rings (SSSR count). The molecule has 62 valence electrons. The van der Waals surface area contributed by atoms with Crippen LogP contribution < -0.4 is 0 Å². The highest BCUT2D eigenvalue weighted by Gasteiger charge is 1.84.